The molecule has 11 aromatic carbocycles. The summed E-state index contributed by atoms with van der Waals surface area (Å²) in [6, 6.07) is 103. The molecule has 6 aliphatic rings. The summed E-state index contributed by atoms with van der Waals surface area (Å²) in [5.41, 5.74) is 19.3. The lowest BCUT2D eigenvalue weighted by molar-refractivity contribution is -0.287. The Morgan fingerprint density at radius 3 is 1.06 bits per heavy atom. The molecule has 0 saturated carbocycles. The van der Waals surface area contributed by atoms with Gasteiger partial charge in [-0.1, -0.05) is 314 Å². The summed E-state index contributed by atoms with van der Waals surface area (Å²) in [6.07, 6.45) is 22.6. The highest BCUT2D eigenvalue weighted by Crippen LogP contribution is 2.75. The van der Waals surface area contributed by atoms with Crippen molar-refractivity contribution < 1.29 is 36.5 Å². The Bertz CT molecular complexity index is 5430. The van der Waals surface area contributed by atoms with E-state index in [1.165, 1.54) is 124 Å². The number of halogens is 4. The molecule has 0 N–H and O–H groups in total. The van der Waals surface area contributed by atoms with E-state index in [0.717, 1.165) is 55.9 Å². The standard InChI is InChI=1S/C34H36P2.C27H17F4O4P.C22H36P2.C15H17N.C10H10N6/c1-5-13-27(14-6-1)31-21-22-32(28-15-7-2-8-16-28)35(31)25-26-36-33(29-17-9-3-10-18-29)23-24-34(36)30-19-11-4-12-20-30;1-16-12-13-19-24(34-26(28,29)32-19)22(16)23-21(15-14-20-25(23)35-27(30,31)33-20)36(17-8-4-2-5-9-17)18-10-6-3-7-11-18;1-5-17-13-14-18(6-2)23(17)21-11-9-10-12-22(21)24-19(7-3)15-16-20(24)8-4;1-12-8-4-5-9-13(12)14-10-6-7-11-15(14)16(2)3;1-4-11-14(7-1)10(15-8-2-5-12-15)16-9-3-6-13-16/h1-20,31-34H,21-26H2;2-15H,1H3;9-12,17-20H,5-8,13-16H2,1-4H3;4-11H,1-3H3;1-10H/t31-,32-,33-,34-;;17-,18-,19-,20-;;/m1.1../s1. The zero-order valence-corrected chi connectivity index (χ0v) is 78.8. The molecule has 4 saturated heterocycles. The molecule has 0 amide bonds. The number of ether oxygens (including phenoxy) is 4. The van der Waals surface area contributed by atoms with Gasteiger partial charge in [-0.25, -0.2) is 14.0 Å². The number of nitrogens with zero attached hydrogens (tertiary/aromatic N) is 7. The van der Waals surface area contributed by atoms with Crippen LogP contribution in [0.15, 0.2) is 334 Å². The molecular formula is C108H116F4N7O4P5. The Hall–Kier alpha value is -10.1. The lowest BCUT2D eigenvalue weighted by Gasteiger charge is -2.32. The van der Waals surface area contributed by atoms with E-state index in [9.17, 15) is 17.6 Å². The van der Waals surface area contributed by atoms with E-state index in [4.69, 9.17) is 14.2 Å². The summed E-state index contributed by atoms with van der Waals surface area (Å²) in [5.74, 6) is -0.882. The number of anilines is 1. The molecule has 0 aliphatic carbocycles. The predicted octanol–water partition coefficient (Wildman–Crippen LogP) is 27.7. The SMILES string of the molecule is CC[C@@H]1CC[C@@H](CC)P1c1ccccc1P1[C@H](CC)CC[C@H]1CC.Cc1ccc2c(c1-c1c(P(c3ccccc3)c3ccccc3)ccc3c1OC(F)(F)O3)OC(F)(F)O2.Cc1ccccc1-c1ccccc1N(C)C.c1ccc([C@H]2CC[C@H](c3ccccc3)P2CCP2[C@@H](c3ccccc3)CC[C@@H]2c2ccccc2)cc1.c1cnn(C(n2cccn2)n2cccn2)c1. The highest BCUT2D eigenvalue weighted by atomic mass is 31.1. The van der Waals surface area contributed by atoms with Gasteiger partial charge in [-0.2, -0.15) is 15.3 Å². The van der Waals surface area contributed by atoms with Gasteiger partial charge in [0.2, 0.25) is 6.29 Å². The largest absolute Gasteiger partial charge is 0.586 e. The first-order valence-corrected chi connectivity index (χ1v) is 53.0. The number of hydrogen-bond acceptors (Lipinski definition) is 8. The van der Waals surface area contributed by atoms with Crippen LogP contribution >= 0.6 is 39.6 Å². The maximum absolute atomic E-state index is 14.3. The van der Waals surface area contributed by atoms with Crippen molar-refractivity contribution in [2.24, 2.45) is 0 Å². The van der Waals surface area contributed by atoms with E-state index in [1.807, 2.05) is 108 Å². The van der Waals surface area contributed by atoms with Crippen molar-refractivity contribution in [2.45, 2.75) is 183 Å². The first kappa shape index (κ1) is 91.2. The first-order chi connectivity index (χ1) is 62.5. The van der Waals surface area contributed by atoms with Gasteiger partial charge in [0.1, 0.15) is 0 Å². The van der Waals surface area contributed by atoms with Crippen molar-refractivity contribution >= 4 is 71.8 Å². The minimum absolute atomic E-state index is 0.0639. The van der Waals surface area contributed by atoms with Crippen LogP contribution in [0.4, 0.5) is 23.2 Å². The number of para-hydroxylation sites is 1. The van der Waals surface area contributed by atoms with E-state index in [2.05, 4.69) is 268 Å². The Labute approximate surface area is 759 Å². The quantitative estimate of drug-likeness (QED) is 0.0489. The molecule has 20 heteroatoms. The monoisotopic (exact) mass is 1810 g/mol. The molecule has 3 aromatic heterocycles. The van der Waals surface area contributed by atoms with Gasteiger partial charge in [-0.3, -0.25) is 0 Å². The van der Waals surface area contributed by atoms with Crippen LogP contribution in [0, 0.1) is 13.8 Å². The maximum Gasteiger partial charge on any atom is 0.586 e. The second-order valence-corrected chi connectivity index (χ2v) is 46.9. The molecule has 0 bridgehead atoms. The number of fused-ring (bicyclic) bond motifs is 2. The molecule has 14 aromatic rings. The van der Waals surface area contributed by atoms with Gasteiger partial charge in [-0.05, 0) is 242 Å². The Kier molecular flexibility index (Phi) is 30.4. The smallest absolute Gasteiger partial charge is 0.395 e. The van der Waals surface area contributed by atoms with Gasteiger partial charge in [0.15, 0.2) is 23.0 Å². The number of hydrogen-bond donors (Lipinski definition) is 0. The van der Waals surface area contributed by atoms with Crippen LogP contribution in [-0.2, 0) is 0 Å². The van der Waals surface area contributed by atoms with E-state index < -0.39 is 20.5 Å². The Morgan fingerprint density at radius 2 is 0.703 bits per heavy atom. The van der Waals surface area contributed by atoms with Crippen LogP contribution < -0.4 is 50.4 Å². The fraction of sp³-hybridized carbons (Fsp3) is 0.306. The minimum atomic E-state index is -3.91. The fourth-order valence-corrected chi connectivity index (χ4v) is 38.4. The summed E-state index contributed by atoms with van der Waals surface area (Å²) in [5, 5.41) is 18.8. The second kappa shape index (κ2) is 42.7. The molecule has 0 unspecified atom stereocenters. The molecule has 128 heavy (non-hydrogen) atoms. The van der Waals surface area contributed by atoms with Crippen molar-refractivity contribution in [1.29, 1.82) is 0 Å². The summed E-state index contributed by atoms with van der Waals surface area (Å²) in [7, 11) is 2.75. The fourth-order valence-electron chi connectivity index (χ4n) is 19.9. The molecule has 4 fully saturated rings. The number of aromatic nitrogens is 6. The molecule has 9 heterocycles. The van der Waals surface area contributed by atoms with Gasteiger partial charge in [0.05, 0.1) is 0 Å². The number of rotatable bonds is 22. The topological polar surface area (TPSA) is 93.6 Å². The van der Waals surface area contributed by atoms with E-state index in [1.54, 1.807) is 73.9 Å². The molecular weight excluding hydrogens is 1690 g/mol. The van der Waals surface area contributed by atoms with Crippen LogP contribution in [0.2, 0.25) is 0 Å². The van der Waals surface area contributed by atoms with Gasteiger partial charge in [0, 0.05) is 96.3 Å². The first-order valence-electron chi connectivity index (χ1n) is 45.4. The molecule has 11 nitrogen and oxygen atoms in total. The van der Waals surface area contributed by atoms with E-state index >= 15 is 0 Å². The third kappa shape index (κ3) is 20.9. The lowest BCUT2D eigenvalue weighted by Crippen LogP contribution is -2.30. The molecule has 8 atom stereocenters. The molecule has 0 radical (unpaired) electrons. The molecule has 660 valence electrons. The van der Waals surface area contributed by atoms with Gasteiger partial charge in [0.25, 0.3) is 0 Å². The zero-order chi connectivity index (χ0) is 88.7. The highest BCUT2D eigenvalue weighted by molar-refractivity contribution is 7.80. The van der Waals surface area contributed by atoms with Gasteiger partial charge >= 0.3 is 12.6 Å². The van der Waals surface area contributed by atoms with Crippen LogP contribution in [0.5, 0.6) is 23.0 Å². The van der Waals surface area contributed by atoms with Crippen LogP contribution in [-0.4, -0.2) is 91.0 Å². The minimum Gasteiger partial charge on any atom is -0.395 e. The summed E-state index contributed by atoms with van der Waals surface area (Å²) in [4.78, 5) is 2.15. The third-order valence-corrected chi connectivity index (χ3v) is 43.4. The average Bonchev–Trinajstić information content (AvgIpc) is 1.59. The summed E-state index contributed by atoms with van der Waals surface area (Å²) < 4.78 is 81.5. The van der Waals surface area contributed by atoms with Crippen molar-refractivity contribution in [3.8, 4) is 45.3 Å². The van der Waals surface area contributed by atoms with Crippen LogP contribution in [0.25, 0.3) is 22.3 Å². The number of benzene rings is 11. The van der Waals surface area contributed by atoms with Crippen molar-refractivity contribution in [1.82, 2.24) is 29.3 Å². The van der Waals surface area contributed by atoms with Crippen molar-refractivity contribution in [2.75, 3.05) is 31.3 Å². The zero-order valence-electron chi connectivity index (χ0n) is 74.4. The highest BCUT2D eigenvalue weighted by Gasteiger charge is 2.50. The van der Waals surface area contributed by atoms with Gasteiger partial charge < -0.3 is 23.8 Å². The average molecular weight is 1810 g/mol. The normalized spacial score (nSPS) is 20.2. The third-order valence-electron chi connectivity index (χ3n) is 25.9. The Balaban J connectivity index is 0.000000122. The maximum atomic E-state index is 14.3. The summed E-state index contributed by atoms with van der Waals surface area (Å²) in [6.45, 7) is 13.6. The molecule has 0 spiro atoms. The predicted molar refractivity (Wildman–Crippen MR) is 528 cm³/mol. The molecule has 6 aliphatic heterocycles. The van der Waals surface area contributed by atoms with Crippen molar-refractivity contribution in [3.05, 3.63) is 368 Å². The van der Waals surface area contributed by atoms with Crippen LogP contribution in [0.3, 0.4) is 0 Å². The molecule has 20 rings (SSSR count). The van der Waals surface area contributed by atoms with Gasteiger partial charge in [-0.15, -0.1) is 17.6 Å². The lowest BCUT2D eigenvalue weighted by atomic mass is 9.97. The van der Waals surface area contributed by atoms with E-state index in [-0.39, 0.29) is 72.1 Å². The Morgan fingerprint density at radius 1 is 0.367 bits per heavy atom. The van der Waals surface area contributed by atoms with E-state index in [0.29, 0.717) is 10.9 Å². The second-order valence-electron chi connectivity index (χ2n) is 33.8. The number of alkyl halides is 4. The van der Waals surface area contributed by atoms with Crippen molar-refractivity contribution in [3.63, 3.8) is 0 Å². The number of aryl methyl sites for hydroxylation is 2. The summed E-state index contributed by atoms with van der Waals surface area (Å²) >= 11 is 0. The van der Waals surface area contributed by atoms with Crippen LogP contribution in [0.1, 0.15) is 167 Å².